The average Bonchev–Trinajstić information content (AvgIpc) is 2.87. The fraction of sp³-hybridized carbons (Fsp3) is 0.133. The van der Waals surface area contributed by atoms with Gasteiger partial charge in [-0.3, -0.25) is 9.20 Å². The minimum Gasteiger partial charge on any atom is -0.455 e. The van der Waals surface area contributed by atoms with E-state index >= 15 is 0 Å². The average molecular weight is 369 g/mol. The van der Waals surface area contributed by atoms with E-state index in [1.54, 1.807) is 18.2 Å². The Balaban J connectivity index is 1.83. The number of aryl methyl sites for hydroxylation is 1. The Labute approximate surface area is 145 Å². The van der Waals surface area contributed by atoms with Crippen LogP contribution < -0.4 is 5.56 Å². The number of aromatic nitrogens is 2. The number of hydrogen-bond acceptors (Lipinski definition) is 5. The van der Waals surface area contributed by atoms with E-state index < -0.39 is 5.97 Å². The van der Waals surface area contributed by atoms with Gasteiger partial charge in [0.15, 0.2) is 4.96 Å². The monoisotopic (exact) mass is 368 g/mol. The van der Waals surface area contributed by atoms with Gasteiger partial charge in [-0.15, -0.1) is 11.3 Å². The van der Waals surface area contributed by atoms with Crippen molar-refractivity contribution in [2.75, 3.05) is 0 Å². The molecular weight excluding hydrogens is 359 g/mol. The normalized spacial score (nSPS) is 10.9. The molecule has 0 saturated heterocycles. The smallest absolute Gasteiger partial charge is 0.341 e. The lowest BCUT2D eigenvalue weighted by molar-refractivity contribution is 0.0468. The van der Waals surface area contributed by atoms with E-state index in [2.05, 4.69) is 4.98 Å². The van der Waals surface area contributed by atoms with Gasteiger partial charge in [0, 0.05) is 17.1 Å². The predicted octanol–water partition coefficient (Wildman–Crippen LogP) is 3.73. The second-order valence-corrected chi connectivity index (χ2v) is 6.40. The maximum absolute atomic E-state index is 12.1. The molecule has 8 heteroatoms. The summed E-state index contributed by atoms with van der Waals surface area (Å²) in [7, 11) is 0. The van der Waals surface area contributed by atoms with E-state index in [-0.39, 0.29) is 27.8 Å². The Bertz CT molecular complexity index is 945. The van der Waals surface area contributed by atoms with Crippen LogP contribution in [0.2, 0.25) is 10.0 Å². The van der Waals surface area contributed by atoms with Crippen LogP contribution in [-0.2, 0) is 11.3 Å². The van der Waals surface area contributed by atoms with Gasteiger partial charge in [-0.25, -0.2) is 9.78 Å². The molecule has 0 radical (unpaired) electrons. The quantitative estimate of drug-likeness (QED) is 0.660. The van der Waals surface area contributed by atoms with Crippen molar-refractivity contribution in [3.05, 3.63) is 67.0 Å². The lowest BCUT2D eigenvalue weighted by Gasteiger charge is -2.07. The number of thiazole rings is 1. The van der Waals surface area contributed by atoms with E-state index in [0.29, 0.717) is 10.7 Å². The van der Waals surface area contributed by atoms with Crippen molar-refractivity contribution < 1.29 is 9.53 Å². The van der Waals surface area contributed by atoms with Gasteiger partial charge >= 0.3 is 5.97 Å². The summed E-state index contributed by atoms with van der Waals surface area (Å²) in [6, 6.07) is 6.08. The third-order valence-corrected chi connectivity index (χ3v) is 4.72. The van der Waals surface area contributed by atoms with Crippen LogP contribution in [0.15, 0.2) is 34.4 Å². The summed E-state index contributed by atoms with van der Waals surface area (Å²) in [4.78, 5) is 29.0. The SMILES string of the molecule is Cc1csc2nc(COC(=O)c3c(Cl)cccc3Cl)cc(=O)n12. The van der Waals surface area contributed by atoms with Gasteiger partial charge in [-0.05, 0) is 19.1 Å². The molecule has 2 aromatic heterocycles. The zero-order valence-corrected chi connectivity index (χ0v) is 14.2. The fourth-order valence-corrected chi connectivity index (χ4v) is 3.52. The molecule has 0 atom stereocenters. The van der Waals surface area contributed by atoms with Crippen LogP contribution in [0.3, 0.4) is 0 Å². The molecule has 0 amide bonds. The van der Waals surface area contributed by atoms with Gasteiger partial charge in [-0.2, -0.15) is 0 Å². The molecule has 5 nitrogen and oxygen atoms in total. The lowest BCUT2D eigenvalue weighted by atomic mass is 10.2. The first-order valence-corrected chi connectivity index (χ1v) is 8.19. The number of halogens is 2. The predicted molar refractivity (Wildman–Crippen MR) is 89.7 cm³/mol. The largest absolute Gasteiger partial charge is 0.455 e. The lowest BCUT2D eigenvalue weighted by Crippen LogP contribution is -2.16. The van der Waals surface area contributed by atoms with Gasteiger partial charge in [0.2, 0.25) is 0 Å². The minimum absolute atomic E-state index is 0.0978. The third kappa shape index (κ3) is 3.10. The standard InChI is InChI=1S/C15H10Cl2N2O3S/c1-8-7-23-15-18-9(5-12(20)19(8)15)6-22-14(21)13-10(16)3-2-4-11(13)17/h2-5,7H,6H2,1H3. The van der Waals surface area contributed by atoms with Crippen LogP contribution in [0, 0.1) is 6.92 Å². The molecule has 118 valence electrons. The Morgan fingerprint density at radius 2 is 2.04 bits per heavy atom. The third-order valence-electron chi connectivity index (χ3n) is 3.15. The highest BCUT2D eigenvalue weighted by atomic mass is 35.5. The van der Waals surface area contributed by atoms with E-state index in [1.165, 1.54) is 21.8 Å². The van der Waals surface area contributed by atoms with Crippen LogP contribution in [0.4, 0.5) is 0 Å². The van der Waals surface area contributed by atoms with Crippen molar-refractivity contribution in [1.82, 2.24) is 9.38 Å². The van der Waals surface area contributed by atoms with Crippen molar-refractivity contribution in [3.8, 4) is 0 Å². The number of carbonyl (C=O) groups is 1. The van der Waals surface area contributed by atoms with Crippen molar-refractivity contribution in [2.24, 2.45) is 0 Å². The Kier molecular flexibility index (Phi) is 4.39. The molecule has 3 rings (SSSR count). The van der Waals surface area contributed by atoms with Crippen LogP contribution in [0.25, 0.3) is 4.96 Å². The van der Waals surface area contributed by atoms with Crippen molar-refractivity contribution in [3.63, 3.8) is 0 Å². The fourth-order valence-electron chi connectivity index (χ4n) is 2.08. The maximum atomic E-state index is 12.1. The van der Waals surface area contributed by atoms with Gasteiger partial charge in [0.1, 0.15) is 6.61 Å². The number of rotatable bonds is 3. The summed E-state index contributed by atoms with van der Waals surface area (Å²) in [5, 5.41) is 2.25. The van der Waals surface area contributed by atoms with E-state index in [9.17, 15) is 9.59 Å². The molecule has 0 unspecified atom stereocenters. The molecule has 0 aliphatic carbocycles. The summed E-state index contributed by atoms with van der Waals surface area (Å²) in [6.07, 6.45) is 0. The molecule has 0 aliphatic heterocycles. The Morgan fingerprint density at radius 3 is 2.74 bits per heavy atom. The second kappa shape index (κ2) is 6.31. The van der Waals surface area contributed by atoms with E-state index in [4.69, 9.17) is 27.9 Å². The highest BCUT2D eigenvalue weighted by Gasteiger charge is 2.16. The van der Waals surface area contributed by atoms with E-state index in [0.717, 1.165) is 5.69 Å². The van der Waals surface area contributed by atoms with Crippen LogP contribution in [-0.4, -0.2) is 15.4 Å². The molecular formula is C15H10Cl2N2O3S. The summed E-state index contributed by atoms with van der Waals surface area (Å²) in [6.45, 7) is 1.69. The summed E-state index contributed by atoms with van der Waals surface area (Å²) in [5.41, 5.74) is 1.07. The number of benzene rings is 1. The van der Waals surface area contributed by atoms with Gasteiger partial charge < -0.3 is 4.74 Å². The Morgan fingerprint density at radius 1 is 1.35 bits per heavy atom. The molecule has 3 aromatic rings. The van der Waals surface area contributed by atoms with Crippen molar-refractivity contribution in [2.45, 2.75) is 13.5 Å². The molecule has 0 N–H and O–H groups in total. The number of carbonyl (C=O) groups excluding carboxylic acids is 1. The van der Waals surface area contributed by atoms with Gasteiger partial charge in [0.05, 0.1) is 21.3 Å². The van der Waals surface area contributed by atoms with Crippen LogP contribution in [0.5, 0.6) is 0 Å². The minimum atomic E-state index is -0.662. The molecule has 1 aromatic carbocycles. The van der Waals surface area contributed by atoms with Gasteiger partial charge in [0.25, 0.3) is 5.56 Å². The molecule has 0 spiro atoms. The highest BCUT2D eigenvalue weighted by molar-refractivity contribution is 7.15. The molecule has 0 bridgehead atoms. The second-order valence-electron chi connectivity index (χ2n) is 4.75. The summed E-state index contributed by atoms with van der Waals surface area (Å²) in [5.74, 6) is -0.662. The van der Waals surface area contributed by atoms with Crippen molar-refractivity contribution in [1.29, 1.82) is 0 Å². The molecule has 0 aliphatic rings. The topological polar surface area (TPSA) is 60.7 Å². The molecule has 23 heavy (non-hydrogen) atoms. The number of hydrogen-bond donors (Lipinski definition) is 0. The van der Waals surface area contributed by atoms with Gasteiger partial charge in [-0.1, -0.05) is 29.3 Å². The maximum Gasteiger partial charge on any atom is 0.341 e. The molecule has 0 saturated carbocycles. The zero-order chi connectivity index (χ0) is 16.6. The van der Waals surface area contributed by atoms with Crippen LogP contribution in [0.1, 0.15) is 21.7 Å². The zero-order valence-electron chi connectivity index (χ0n) is 11.9. The molecule has 2 heterocycles. The first kappa shape index (κ1) is 16.0. The van der Waals surface area contributed by atoms with Crippen LogP contribution >= 0.6 is 34.5 Å². The first-order valence-electron chi connectivity index (χ1n) is 6.55. The number of fused-ring (bicyclic) bond motifs is 1. The number of ether oxygens (including phenoxy) is 1. The van der Waals surface area contributed by atoms with Crippen molar-refractivity contribution >= 4 is 45.5 Å². The number of nitrogens with zero attached hydrogens (tertiary/aromatic N) is 2. The highest BCUT2D eigenvalue weighted by Crippen LogP contribution is 2.25. The van der Waals surface area contributed by atoms with E-state index in [1.807, 2.05) is 12.3 Å². The Hall–Kier alpha value is -1.89. The summed E-state index contributed by atoms with van der Waals surface area (Å²) < 4.78 is 6.67. The first-order chi connectivity index (χ1) is 11.0. The molecule has 0 fully saturated rings. The number of esters is 1. The summed E-state index contributed by atoms with van der Waals surface area (Å²) >= 11 is 13.3.